The Bertz CT molecular complexity index is 798. The molecule has 1 amide bonds. The Morgan fingerprint density at radius 2 is 1.96 bits per heavy atom. The van der Waals surface area contributed by atoms with Gasteiger partial charge >= 0.3 is 0 Å². The van der Waals surface area contributed by atoms with Crippen molar-refractivity contribution in [3.8, 4) is 0 Å². The highest BCUT2D eigenvalue weighted by Gasteiger charge is 2.19. The molecule has 0 spiro atoms. The monoisotopic (exact) mass is 322 g/mol. The van der Waals surface area contributed by atoms with Crippen LogP contribution < -0.4 is 5.32 Å². The lowest BCUT2D eigenvalue weighted by Crippen LogP contribution is -2.28. The molecule has 0 bridgehead atoms. The zero-order valence-electron chi connectivity index (χ0n) is 13.1. The molecule has 2 aromatic heterocycles. The summed E-state index contributed by atoms with van der Waals surface area (Å²) in [7, 11) is 0. The van der Waals surface area contributed by atoms with Crippen LogP contribution in [0.2, 0.25) is 0 Å². The minimum Gasteiger partial charge on any atom is -0.340 e. The number of amides is 1. The van der Waals surface area contributed by atoms with E-state index >= 15 is 0 Å². The van der Waals surface area contributed by atoms with E-state index in [1.807, 2.05) is 29.6 Å². The van der Waals surface area contributed by atoms with Gasteiger partial charge in [-0.25, -0.2) is 0 Å². The third kappa shape index (κ3) is 3.48. The van der Waals surface area contributed by atoms with Crippen molar-refractivity contribution in [2.24, 2.45) is 0 Å². The number of hydrogen-bond acceptors (Lipinski definition) is 3. The fourth-order valence-electron chi connectivity index (χ4n) is 2.46. The minimum absolute atomic E-state index is 0.0629. The molecule has 1 atom stereocenters. The largest absolute Gasteiger partial charge is 0.340 e. The fourth-order valence-corrected chi connectivity index (χ4v) is 3.09. The van der Waals surface area contributed by atoms with Gasteiger partial charge in [-0.05, 0) is 53.6 Å². The van der Waals surface area contributed by atoms with E-state index in [0.29, 0.717) is 4.88 Å². The van der Waals surface area contributed by atoms with Gasteiger partial charge in [0.25, 0.3) is 5.91 Å². The molecule has 116 valence electrons. The van der Waals surface area contributed by atoms with Gasteiger partial charge < -0.3 is 5.32 Å². The van der Waals surface area contributed by atoms with Gasteiger partial charge in [0.05, 0.1) is 10.9 Å². The van der Waals surface area contributed by atoms with Gasteiger partial charge in [0.15, 0.2) is 0 Å². The predicted molar refractivity (Wildman–Crippen MR) is 93.8 cm³/mol. The van der Waals surface area contributed by atoms with Gasteiger partial charge in [-0.1, -0.05) is 30.3 Å². The first kappa shape index (κ1) is 15.4. The van der Waals surface area contributed by atoms with Gasteiger partial charge in [-0.2, -0.15) is 0 Å². The van der Waals surface area contributed by atoms with Crippen molar-refractivity contribution in [2.75, 3.05) is 0 Å². The molecule has 0 aliphatic carbocycles. The van der Waals surface area contributed by atoms with Crippen LogP contribution >= 0.6 is 11.3 Å². The topological polar surface area (TPSA) is 42.0 Å². The third-order valence-corrected chi connectivity index (χ3v) is 4.77. The molecule has 4 heteroatoms. The van der Waals surface area contributed by atoms with Crippen molar-refractivity contribution in [1.82, 2.24) is 10.3 Å². The van der Waals surface area contributed by atoms with Crippen LogP contribution in [-0.4, -0.2) is 10.9 Å². The van der Waals surface area contributed by atoms with E-state index in [1.54, 1.807) is 12.4 Å². The average Bonchev–Trinajstić information content (AvgIpc) is 3.10. The van der Waals surface area contributed by atoms with Crippen LogP contribution in [0.25, 0.3) is 0 Å². The number of thiophene rings is 1. The maximum Gasteiger partial charge on any atom is 0.262 e. The summed E-state index contributed by atoms with van der Waals surface area (Å²) < 4.78 is 0. The summed E-state index contributed by atoms with van der Waals surface area (Å²) in [5.74, 6) is -0.0629. The zero-order chi connectivity index (χ0) is 16.2. The van der Waals surface area contributed by atoms with E-state index in [1.165, 1.54) is 22.5 Å². The predicted octanol–water partition coefficient (Wildman–Crippen LogP) is 4.28. The zero-order valence-corrected chi connectivity index (χ0v) is 13.9. The van der Waals surface area contributed by atoms with Gasteiger partial charge in [0.1, 0.15) is 0 Å². The SMILES string of the molecule is Cc1ccc(C(NC(=O)c2cccs2)c2cccnc2)cc1C. The third-order valence-electron chi connectivity index (χ3n) is 3.90. The lowest BCUT2D eigenvalue weighted by atomic mass is 9.96. The highest BCUT2D eigenvalue weighted by Crippen LogP contribution is 2.24. The highest BCUT2D eigenvalue weighted by atomic mass is 32.1. The van der Waals surface area contributed by atoms with Gasteiger partial charge in [-0.15, -0.1) is 11.3 Å². The second-order valence-corrected chi connectivity index (χ2v) is 6.46. The van der Waals surface area contributed by atoms with Crippen molar-refractivity contribution < 1.29 is 4.79 Å². The number of aromatic nitrogens is 1. The summed E-state index contributed by atoms with van der Waals surface area (Å²) in [6, 6.07) is 13.7. The van der Waals surface area contributed by atoms with Crippen LogP contribution in [0.4, 0.5) is 0 Å². The molecule has 1 unspecified atom stereocenters. The molecule has 3 aromatic rings. The summed E-state index contributed by atoms with van der Waals surface area (Å²) in [5, 5.41) is 5.04. The highest BCUT2D eigenvalue weighted by molar-refractivity contribution is 7.12. The molecule has 3 rings (SSSR count). The molecule has 1 N–H and O–H groups in total. The molecule has 23 heavy (non-hydrogen) atoms. The number of carbonyl (C=O) groups excluding carboxylic acids is 1. The molecule has 0 radical (unpaired) electrons. The summed E-state index contributed by atoms with van der Waals surface area (Å²) in [5.41, 5.74) is 4.48. The summed E-state index contributed by atoms with van der Waals surface area (Å²) >= 11 is 1.44. The minimum atomic E-state index is -0.211. The number of nitrogens with one attached hydrogen (secondary N) is 1. The molecule has 0 saturated carbocycles. The fraction of sp³-hybridized carbons (Fsp3) is 0.158. The van der Waals surface area contributed by atoms with E-state index in [-0.39, 0.29) is 11.9 Å². The van der Waals surface area contributed by atoms with Gasteiger partial charge in [0.2, 0.25) is 0 Å². The number of aryl methyl sites for hydroxylation is 2. The van der Waals surface area contributed by atoms with Crippen molar-refractivity contribution in [1.29, 1.82) is 0 Å². The van der Waals surface area contributed by atoms with E-state index in [4.69, 9.17) is 0 Å². The van der Waals surface area contributed by atoms with Crippen molar-refractivity contribution in [3.05, 3.63) is 87.4 Å². The van der Waals surface area contributed by atoms with Crippen molar-refractivity contribution >= 4 is 17.2 Å². The van der Waals surface area contributed by atoms with Crippen molar-refractivity contribution in [2.45, 2.75) is 19.9 Å². The number of pyridine rings is 1. The molecular formula is C19H18N2OS. The lowest BCUT2D eigenvalue weighted by molar-refractivity contribution is 0.0947. The summed E-state index contributed by atoms with van der Waals surface area (Å²) in [4.78, 5) is 17.4. The Morgan fingerprint density at radius 3 is 2.61 bits per heavy atom. The van der Waals surface area contributed by atoms with Crippen LogP contribution in [0.5, 0.6) is 0 Å². The lowest BCUT2D eigenvalue weighted by Gasteiger charge is -2.20. The Kier molecular flexibility index (Phi) is 4.53. The maximum atomic E-state index is 12.5. The standard InChI is InChI=1S/C19H18N2OS/c1-13-7-8-15(11-14(13)2)18(16-5-3-9-20-12-16)21-19(22)17-6-4-10-23-17/h3-12,18H,1-2H3,(H,21,22). The molecule has 2 heterocycles. The average molecular weight is 322 g/mol. The molecule has 1 aromatic carbocycles. The quantitative estimate of drug-likeness (QED) is 0.779. The van der Waals surface area contributed by atoms with Crippen LogP contribution in [0.15, 0.2) is 60.2 Å². The number of hydrogen-bond donors (Lipinski definition) is 1. The van der Waals surface area contributed by atoms with Gasteiger partial charge in [0, 0.05) is 12.4 Å². The number of nitrogens with zero attached hydrogens (tertiary/aromatic N) is 1. The Balaban J connectivity index is 1.97. The van der Waals surface area contributed by atoms with Crippen LogP contribution in [-0.2, 0) is 0 Å². The van der Waals surface area contributed by atoms with E-state index in [2.05, 4.69) is 42.3 Å². The number of carbonyl (C=O) groups is 1. The van der Waals surface area contributed by atoms with Crippen molar-refractivity contribution in [3.63, 3.8) is 0 Å². The summed E-state index contributed by atoms with van der Waals surface area (Å²) in [6.07, 6.45) is 3.54. The van der Waals surface area contributed by atoms with E-state index < -0.39 is 0 Å². The first-order chi connectivity index (χ1) is 11.1. The van der Waals surface area contributed by atoms with Crippen LogP contribution in [0.1, 0.15) is 38.0 Å². The molecular weight excluding hydrogens is 304 g/mol. The Labute approximate surface area is 140 Å². The van der Waals surface area contributed by atoms with Gasteiger partial charge in [-0.3, -0.25) is 9.78 Å². The second-order valence-electron chi connectivity index (χ2n) is 5.51. The first-order valence-corrected chi connectivity index (χ1v) is 8.34. The number of benzene rings is 1. The summed E-state index contributed by atoms with van der Waals surface area (Å²) in [6.45, 7) is 4.17. The van der Waals surface area contributed by atoms with E-state index in [9.17, 15) is 4.79 Å². The Morgan fingerprint density at radius 1 is 1.09 bits per heavy atom. The van der Waals surface area contributed by atoms with E-state index in [0.717, 1.165) is 11.1 Å². The van der Waals surface area contributed by atoms with Crippen LogP contribution in [0, 0.1) is 13.8 Å². The maximum absolute atomic E-state index is 12.5. The van der Waals surface area contributed by atoms with Crippen LogP contribution in [0.3, 0.4) is 0 Å². The molecule has 0 saturated heterocycles. The molecule has 0 aliphatic rings. The first-order valence-electron chi connectivity index (χ1n) is 7.46. The molecule has 0 aliphatic heterocycles. The molecule has 0 fully saturated rings. The Hall–Kier alpha value is -2.46. The normalized spacial score (nSPS) is 11.9. The number of rotatable bonds is 4. The smallest absolute Gasteiger partial charge is 0.262 e. The second kappa shape index (κ2) is 6.75. The molecule has 3 nitrogen and oxygen atoms in total.